The topological polar surface area (TPSA) is 34.2 Å². The third-order valence-electron chi connectivity index (χ3n) is 3.65. The van der Waals surface area contributed by atoms with E-state index in [0.29, 0.717) is 6.04 Å². The van der Waals surface area contributed by atoms with Crippen LogP contribution in [0.25, 0.3) is 0 Å². The van der Waals surface area contributed by atoms with Gasteiger partial charge in [0.1, 0.15) is 11.4 Å². The number of ether oxygens (including phenoxy) is 1. The summed E-state index contributed by atoms with van der Waals surface area (Å²) in [5.74, 6) is 0.993. The molecule has 0 amide bonds. The summed E-state index contributed by atoms with van der Waals surface area (Å²) in [6.45, 7) is 5.10. The van der Waals surface area contributed by atoms with Crippen LogP contribution in [0.3, 0.4) is 0 Å². The van der Waals surface area contributed by atoms with Gasteiger partial charge in [-0.15, -0.1) is 0 Å². The van der Waals surface area contributed by atoms with E-state index in [0.717, 1.165) is 18.7 Å². The number of fused-ring (bicyclic) bond motifs is 1. The molecule has 0 fully saturated rings. The highest BCUT2D eigenvalue weighted by Gasteiger charge is 2.33. The maximum Gasteiger partial charge on any atom is 0.124 e. The standard InChI is InChI=1S/C17H20N2O/c1-17(2)10-15(14-7-3-4-8-16(14)20-17)19-12-13-6-5-9-18-11-13/h3-9,11,15,19H,10,12H2,1-2H3. The predicted octanol–water partition coefficient (Wildman–Crippen LogP) is 3.47. The van der Waals surface area contributed by atoms with Gasteiger partial charge in [-0.25, -0.2) is 0 Å². The average Bonchev–Trinajstić information content (AvgIpc) is 2.45. The van der Waals surface area contributed by atoms with E-state index in [1.807, 2.05) is 18.3 Å². The highest BCUT2D eigenvalue weighted by Crippen LogP contribution is 2.39. The lowest BCUT2D eigenvalue weighted by atomic mass is 9.89. The van der Waals surface area contributed by atoms with Crippen LogP contribution in [0.1, 0.15) is 37.4 Å². The van der Waals surface area contributed by atoms with Crippen LogP contribution in [0.4, 0.5) is 0 Å². The highest BCUT2D eigenvalue weighted by molar-refractivity contribution is 5.38. The van der Waals surface area contributed by atoms with Crippen molar-refractivity contribution in [3.05, 3.63) is 59.9 Å². The Bertz CT molecular complexity index is 581. The maximum absolute atomic E-state index is 6.05. The fourth-order valence-electron chi connectivity index (χ4n) is 2.73. The summed E-state index contributed by atoms with van der Waals surface area (Å²) in [6, 6.07) is 12.7. The molecule has 1 aromatic carbocycles. The number of nitrogens with zero attached hydrogens (tertiary/aromatic N) is 1. The van der Waals surface area contributed by atoms with Crippen LogP contribution < -0.4 is 10.1 Å². The second kappa shape index (κ2) is 5.25. The average molecular weight is 268 g/mol. The monoisotopic (exact) mass is 268 g/mol. The van der Waals surface area contributed by atoms with Gasteiger partial charge < -0.3 is 10.1 Å². The molecule has 1 aliphatic heterocycles. The van der Waals surface area contributed by atoms with E-state index < -0.39 is 0 Å². The van der Waals surface area contributed by atoms with E-state index in [9.17, 15) is 0 Å². The lowest BCUT2D eigenvalue weighted by Crippen LogP contribution is -2.39. The molecule has 0 spiro atoms. The van der Waals surface area contributed by atoms with Crippen LogP contribution >= 0.6 is 0 Å². The minimum absolute atomic E-state index is 0.138. The Morgan fingerprint density at radius 1 is 1.25 bits per heavy atom. The number of hydrogen-bond acceptors (Lipinski definition) is 3. The second-order valence-electron chi connectivity index (χ2n) is 5.90. The van der Waals surface area contributed by atoms with Gasteiger partial charge in [0.25, 0.3) is 0 Å². The van der Waals surface area contributed by atoms with Gasteiger partial charge in [0, 0.05) is 37.0 Å². The Kier molecular flexibility index (Phi) is 3.45. The molecule has 1 aromatic heterocycles. The van der Waals surface area contributed by atoms with Crippen molar-refractivity contribution in [1.82, 2.24) is 10.3 Å². The maximum atomic E-state index is 6.05. The van der Waals surface area contributed by atoms with E-state index in [4.69, 9.17) is 4.74 Å². The first kappa shape index (κ1) is 13.1. The zero-order valence-electron chi connectivity index (χ0n) is 12.0. The SMILES string of the molecule is CC1(C)CC(NCc2cccnc2)c2ccccc2O1. The Morgan fingerprint density at radius 2 is 2.10 bits per heavy atom. The van der Waals surface area contributed by atoms with E-state index in [-0.39, 0.29) is 5.60 Å². The third-order valence-corrected chi connectivity index (χ3v) is 3.65. The molecule has 3 heteroatoms. The molecule has 1 aliphatic rings. The summed E-state index contributed by atoms with van der Waals surface area (Å²) in [5.41, 5.74) is 2.31. The predicted molar refractivity (Wildman–Crippen MR) is 79.6 cm³/mol. The van der Waals surface area contributed by atoms with Crippen molar-refractivity contribution in [2.75, 3.05) is 0 Å². The minimum atomic E-state index is -0.138. The summed E-state index contributed by atoms with van der Waals surface area (Å²) in [6.07, 6.45) is 4.67. The molecular weight excluding hydrogens is 248 g/mol. The van der Waals surface area contributed by atoms with Gasteiger partial charge in [0.15, 0.2) is 0 Å². The minimum Gasteiger partial charge on any atom is -0.487 e. The molecule has 3 rings (SSSR count). The summed E-state index contributed by atoms with van der Waals surface area (Å²) < 4.78 is 6.05. The van der Waals surface area contributed by atoms with Gasteiger partial charge in [-0.1, -0.05) is 24.3 Å². The molecule has 1 unspecified atom stereocenters. The van der Waals surface area contributed by atoms with E-state index in [1.165, 1.54) is 11.1 Å². The Morgan fingerprint density at radius 3 is 2.90 bits per heavy atom. The number of aromatic nitrogens is 1. The number of para-hydroxylation sites is 1. The Balaban J connectivity index is 1.79. The van der Waals surface area contributed by atoms with E-state index >= 15 is 0 Å². The van der Waals surface area contributed by atoms with Crippen LogP contribution in [-0.4, -0.2) is 10.6 Å². The Labute approximate surface area is 120 Å². The smallest absolute Gasteiger partial charge is 0.124 e. The van der Waals surface area contributed by atoms with Crippen LogP contribution in [0.15, 0.2) is 48.8 Å². The Hall–Kier alpha value is -1.87. The second-order valence-corrected chi connectivity index (χ2v) is 5.90. The molecule has 0 bridgehead atoms. The van der Waals surface area contributed by atoms with Gasteiger partial charge in [-0.3, -0.25) is 4.98 Å². The van der Waals surface area contributed by atoms with Crippen LogP contribution in [0, 0.1) is 0 Å². The number of nitrogens with one attached hydrogen (secondary N) is 1. The molecule has 0 saturated heterocycles. The van der Waals surface area contributed by atoms with Crippen LogP contribution in [0.5, 0.6) is 5.75 Å². The molecule has 1 atom stereocenters. The molecule has 0 aliphatic carbocycles. The fraction of sp³-hybridized carbons (Fsp3) is 0.353. The normalized spacial score (nSPS) is 20.0. The zero-order valence-corrected chi connectivity index (χ0v) is 12.0. The molecule has 2 aromatic rings. The molecule has 0 radical (unpaired) electrons. The third kappa shape index (κ3) is 2.83. The largest absolute Gasteiger partial charge is 0.487 e. The van der Waals surface area contributed by atoms with Gasteiger partial charge in [-0.05, 0) is 31.5 Å². The number of benzene rings is 1. The molecule has 3 nitrogen and oxygen atoms in total. The first-order valence-corrected chi connectivity index (χ1v) is 7.04. The molecular formula is C17H20N2O. The summed E-state index contributed by atoms with van der Waals surface area (Å²) in [4.78, 5) is 4.16. The van der Waals surface area contributed by atoms with Crippen molar-refractivity contribution >= 4 is 0 Å². The summed E-state index contributed by atoms with van der Waals surface area (Å²) in [5, 5.41) is 3.63. The van der Waals surface area contributed by atoms with Gasteiger partial charge >= 0.3 is 0 Å². The van der Waals surface area contributed by atoms with Crippen molar-refractivity contribution in [2.24, 2.45) is 0 Å². The summed E-state index contributed by atoms with van der Waals surface area (Å²) in [7, 11) is 0. The first-order valence-electron chi connectivity index (χ1n) is 7.04. The first-order chi connectivity index (χ1) is 9.64. The number of rotatable bonds is 3. The van der Waals surface area contributed by atoms with Crippen molar-refractivity contribution in [3.63, 3.8) is 0 Å². The van der Waals surface area contributed by atoms with Gasteiger partial charge in [0.2, 0.25) is 0 Å². The molecule has 20 heavy (non-hydrogen) atoms. The highest BCUT2D eigenvalue weighted by atomic mass is 16.5. The molecule has 0 saturated carbocycles. The van der Waals surface area contributed by atoms with Crippen molar-refractivity contribution < 1.29 is 4.74 Å². The van der Waals surface area contributed by atoms with Crippen molar-refractivity contribution in [3.8, 4) is 5.75 Å². The fourth-order valence-corrected chi connectivity index (χ4v) is 2.73. The van der Waals surface area contributed by atoms with E-state index in [1.54, 1.807) is 6.20 Å². The van der Waals surface area contributed by atoms with Crippen molar-refractivity contribution in [1.29, 1.82) is 0 Å². The molecule has 104 valence electrons. The van der Waals surface area contributed by atoms with Gasteiger partial charge in [0.05, 0.1) is 0 Å². The number of hydrogen-bond donors (Lipinski definition) is 1. The quantitative estimate of drug-likeness (QED) is 0.925. The van der Waals surface area contributed by atoms with Crippen LogP contribution in [0.2, 0.25) is 0 Å². The summed E-state index contributed by atoms with van der Waals surface area (Å²) >= 11 is 0. The lowest BCUT2D eigenvalue weighted by molar-refractivity contribution is 0.0657. The molecule has 2 heterocycles. The van der Waals surface area contributed by atoms with Crippen LogP contribution in [-0.2, 0) is 6.54 Å². The lowest BCUT2D eigenvalue weighted by Gasteiger charge is -2.38. The number of pyridine rings is 1. The van der Waals surface area contributed by atoms with Crippen molar-refractivity contribution in [2.45, 2.75) is 38.5 Å². The van der Waals surface area contributed by atoms with E-state index in [2.05, 4.69) is 48.4 Å². The van der Waals surface area contributed by atoms with Gasteiger partial charge in [-0.2, -0.15) is 0 Å². The zero-order chi connectivity index (χ0) is 14.0. The molecule has 1 N–H and O–H groups in total.